The van der Waals surface area contributed by atoms with E-state index >= 15 is 0 Å². The predicted molar refractivity (Wildman–Crippen MR) is 119 cm³/mol. The molecule has 9 nitrogen and oxygen atoms in total. The van der Waals surface area contributed by atoms with Crippen molar-refractivity contribution in [2.24, 2.45) is 16.2 Å². The van der Waals surface area contributed by atoms with Gasteiger partial charge in [-0.2, -0.15) is 0 Å². The Bertz CT molecular complexity index is 565. The number of rotatable bonds is 8. The van der Waals surface area contributed by atoms with E-state index in [2.05, 4.69) is 4.52 Å². The number of aliphatic hydroxyl groups excluding tert-OH is 2. The summed E-state index contributed by atoms with van der Waals surface area (Å²) in [5, 5.41) is 25.4. The molecule has 0 spiro atoms. The number of carboxylic acids is 1. The summed E-state index contributed by atoms with van der Waals surface area (Å²) in [6.45, 7) is 11.8. The van der Waals surface area contributed by atoms with E-state index in [0.717, 1.165) is 0 Å². The summed E-state index contributed by atoms with van der Waals surface area (Å²) in [4.78, 5) is 42.5. The number of carbonyl (C=O) groups excluding carboxylic acids is 3. The summed E-state index contributed by atoms with van der Waals surface area (Å²) >= 11 is 0. The van der Waals surface area contributed by atoms with Crippen molar-refractivity contribution in [2.45, 2.75) is 41.5 Å². The van der Waals surface area contributed by atoms with Crippen LogP contribution >= 0.6 is 16.1 Å². The number of hydrogen-bond acceptors (Lipinski definition) is 8. The molecule has 0 fully saturated rings. The van der Waals surface area contributed by atoms with Crippen LogP contribution in [-0.2, 0) is 28.2 Å². The maximum Gasteiger partial charge on any atom is 0.320 e. The van der Waals surface area contributed by atoms with Gasteiger partial charge in [0.1, 0.15) is 11.7 Å². The average molecular weight is 464 g/mol. The maximum atomic E-state index is 11.1. The van der Waals surface area contributed by atoms with Crippen molar-refractivity contribution in [1.29, 1.82) is 0 Å². The Hall–Kier alpha value is -1.01. The zero-order valence-electron chi connectivity index (χ0n) is 18.8. The number of carboxylic acid groups (broad SMARTS) is 1. The molecule has 0 aromatic rings. The highest BCUT2D eigenvalue weighted by Gasteiger charge is 2.29. The molecule has 0 amide bonds. The maximum absolute atomic E-state index is 11.1. The minimum Gasteiger partial charge on any atom is -0.481 e. The van der Waals surface area contributed by atoms with Gasteiger partial charge in [0, 0.05) is 16.1 Å². The lowest BCUT2D eigenvalue weighted by Gasteiger charge is -2.21. The molecule has 2 atom stereocenters. The molecule has 3 N–H and O–H groups in total. The van der Waals surface area contributed by atoms with Crippen molar-refractivity contribution in [2.75, 3.05) is 26.5 Å². The van der Waals surface area contributed by atoms with Gasteiger partial charge in [-0.25, -0.2) is 0 Å². The molecule has 0 saturated heterocycles. The number of aliphatic hydroxyl groups is 2. The number of carbonyl (C=O) groups is 4. The van der Waals surface area contributed by atoms with Gasteiger partial charge < -0.3 is 29.2 Å². The Balaban J connectivity index is -0.000000370. The van der Waals surface area contributed by atoms with E-state index in [1.54, 1.807) is 27.2 Å². The molecule has 0 heterocycles. The Morgan fingerprint density at radius 2 is 1.17 bits per heavy atom. The first-order valence-corrected chi connectivity index (χ1v) is 12.2. The van der Waals surface area contributed by atoms with Gasteiger partial charge in [-0.1, -0.05) is 0 Å². The van der Waals surface area contributed by atoms with Gasteiger partial charge in [0.25, 0.3) is 0 Å². The monoisotopic (exact) mass is 464 g/mol. The van der Waals surface area contributed by atoms with Gasteiger partial charge in [0.2, 0.25) is 0 Å². The quantitative estimate of drug-likeness (QED) is 0.211. The molecule has 4 radical (unpaired) electrons. The topological polar surface area (TPSA) is 147 Å². The first-order valence-electron chi connectivity index (χ1n) is 8.63. The molecule has 0 aliphatic carbocycles. The minimum atomic E-state index is -1.22. The Morgan fingerprint density at radius 3 is 1.37 bits per heavy atom. The molecule has 0 aromatic carbocycles. The van der Waals surface area contributed by atoms with E-state index in [9.17, 15) is 19.2 Å². The SMILES string of the molecule is CC(C)(CO)C(=O)O.[B]P(C)OC(=O)C(C)(C)C=O.[B]P(C)OC(=O)C(C)(C)CO. The molecule has 0 bridgehead atoms. The van der Waals surface area contributed by atoms with Crippen molar-refractivity contribution in [3.8, 4) is 0 Å². The number of hydrogen-bond donors (Lipinski definition) is 3. The van der Waals surface area contributed by atoms with Gasteiger partial charge in [-0.15, -0.1) is 0 Å². The van der Waals surface area contributed by atoms with Gasteiger partial charge in [0.05, 0.1) is 24.0 Å². The fraction of sp³-hybridized carbons (Fsp3) is 0.765. The lowest BCUT2D eigenvalue weighted by Crippen LogP contribution is -2.29. The van der Waals surface area contributed by atoms with Crippen LogP contribution in [0.15, 0.2) is 0 Å². The first kappa shape index (κ1) is 33.6. The third-order valence-corrected chi connectivity index (χ3v) is 4.10. The molecular weight excluding hydrogens is 432 g/mol. The second kappa shape index (κ2) is 14.9. The Kier molecular flexibility index (Phi) is 16.7. The van der Waals surface area contributed by atoms with E-state index in [1.165, 1.54) is 27.7 Å². The van der Waals surface area contributed by atoms with E-state index in [0.29, 0.717) is 6.29 Å². The second-order valence-corrected chi connectivity index (χ2v) is 10.6. The molecule has 0 aromatic heterocycles. The minimum absolute atomic E-state index is 0.227. The lowest BCUT2D eigenvalue weighted by molar-refractivity contribution is -0.149. The Morgan fingerprint density at radius 1 is 0.833 bits per heavy atom. The first-order chi connectivity index (χ1) is 13.3. The van der Waals surface area contributed by atoms with Gasteiger partial charge in [0.15, 0.2) is 15.1 Å². The normalized spacial score (nSPS) is 13.3. The average Bonchev–Trinajstić information content (AvgIpc) is 2.61. The van der Waals surface area contributed by atoms with Crippen LogP contribution in [0, 0.1) is 16.2 Å². The van der Waals surface area contributed by atoms with Crippen molar-refractivity contribution < 1.29 is 43.5 Å². The van der Waals surface area contributed by atoms with Crippen molar-refractivity contribution in [1.82, 2.24) is 0 Å². The van der Waals surface area contributed by atoms with E-state index in [-0.39, 0.29) is 13.2 Å². The number of aldehydes is 1. The van der Waals surface area contributed by atoms with Crippen LogP contribution in [0.25, 0.3) is 0 Å². The molecule has 2 unspecified atom stereocenters. The number of aliphatic carboxylic acids is 1. The molecule has 0 saturated carbocycles. The summed E-state index contributed by atoms with van der Waals surface area (Å²) in [5.74, 6) is -1.99. The van der Waals surface area contributed by atoms with Crippen LogP contribution in [0.3, 0.4) is 0 Å². The predicted octanol–water partition coefficient (Wildman–Crippen LogP) is 1.61. The van der Waals surface area contributed by atoms with Crippen LogP contribution in [0.4, 0.5) is 0 Å². The van der Waals surface area contributed by atoms with Gasteiger partial charge >= 0.3 is 17.9 Å². The van der Waals surface area contributed by atoms with E-state index in [4.69, 9.17) is 35.0 Å². The molecule has 0 aliphatic rings. The third kappa shape index (κ3) is 15.8. The van der Waals surface area contributed by atoms with Crippen LogP contribution in [-0.4, -0.2) is 81.2 Å². The van der Waals surface area contributed by atoms with Crippen molar-refractivity contribution >= 4 is 55.4 Å². The van der Waals surface area contributed by atoms with Crippen LogP contribution < -0.4 is 0 Å². The van der Waals surface area contributed by atoms with Crippen LogP contribution in [0.5, 0.6) is 0 Å². The molecule has 30 heavy (non-hydrogen) atoms. The summed E-state index contributed by atoms with van der Waals surface area (Å²) in [6, 6.07) is 0. The molecular formula is C17H32B2O9P2. The summed E-state index contributed by atoms with van der Waals surface area (Å²) in [5.41, 5.74) is -2.90. The molecule has 0 rings (SSSR count). The lowest BCUT2D eigenvalue weighted by atomic mass is 9.96. The zero-order chi connectivity index (χ0) is 24.9. The van der Waals surface area contributed by atoms with E-state index in [1.807, 2.05) is 0 Å². The summed E-state index contributed by atoms with van der Waals surface area (Å²) < 4.78 is 9.43. The smallest absolute Gasteiger partial charge is 0.320 e. The molecule has 0 aliphatic heterocycles. The summed E-state index contributed by atoms with van der Waals surface area (Å²) in [6.07, 6.45) is 0.550. The van der Waals surface area contributed by atoms with Crippen LogP contribution in [0.2, 0.25) is 0 Å². The third-order valence-electron chi connectivity index (χ3n) is 3.20. The highest BCUT2D eigenvalue weighted by Crippen LogP contribution is 2.30. The zero-order valence-corrected chi connectivity index (χ0v) is 20.6. The highest BCUT2D eigenvalue weighted by molar-refractivity contribution is 7.78. The fourth-order valence-electron chi connectivity index (χ4n) is 0.683. The van der Waals surface area contributed by atoms with Gasteiger partial charge in [-0.05, 0) is 54.9 Å². The van der Waals surface area contributed by atoms with Crippen molar-refractivity contribution in [3.05, 3.63) is 0 Å². The highest BCUT2D eigenvalue weighted by atomic mass is 31.1. The molecule has 170 valence electrons. The molecule has 13 heteroatoms. The largest absolute Gasteiger partial charge is 0.481 e. The fourth-order valence-corrected chi connectivity index (χ4v) is 1.69. The van der Waals surface area contributed by atoms with Crippen LogP contribution in [0.1, 0.15) is 41.5 Å². The van der Waals surface area contributed by atoms with Gasteiger partial charge in [-0.3, -0.25) is 14.4 Å². The summed E-state index contributed by atoms with van der Waals surface area (Å²) in [7, 11) is 8.15. The second-order valence-electron chi connectivity index (χ2n) is 8.08. The van der Waals surface area contributed by atoms with E-state index < -0.39 is 50.2 Å². The Labute approximate surface area is 183 Å². The van der Waals surface area contributed by atoms with Crippen molar-refractivity contribution in [3.63, 3.8) is 0 Å². The standard InChI is InChI=1S/C6H12BO3P.C6H10BO3P.C5H10O3/c2*1-6(2,4-8)5(9)10-11(3)7;1-5(2,3-6)4(7)8/h8H,4H2,1-3H3;4H,1-3H3;6H,3H2,1-2H3,(H,7,8).